The smallest absolute Gasteiger partial charge is 0.358 e. The molecule has 0 unspecified atom stereocenters. The molecule has 1 aromatic carbocycles. The molecule has 26 heavy (non-hydrogen) atoms. The molecule has 1 aromatic heterocycles. The Morgan fingerprint density at radius 2 is 1.88 bits per heavy atom. The lowest BCUT2D eigenvalue weighted by atomic mass is 9.95. The molecule has 0 aliphatic rings. The second kappa shape index (κ2) is 7.34. The Kier molecular flexibility index (Phi) is 5.39. The summed E-state index contributed by atoms with van der Waals surface area (Å²) in [5, 5.41) is 21.4. The molecule has 9 nitrogen and oxygen atoms in total. The van der Waals surface area contributed by atoms with Gasteiger partial charge in [-0.3, -0.25) is 9.59 Å². The summed E-state index contributed by atoms with van der Waals surface area (Å²) in [6.45, 7) is 7.06. The van der Waals surface area contributed by atoms with Gasteiger partial charge >= 0.3 is 5.97 Å². The van der Waals surface area contributed by atoms with Crippen LogP contribution < -0.4 is 10.6 Å². The van der Waals surface area contributed by atoms with Crippen molar-refractivity contribution in [3.63, 3.8) is 0 Å². The zero-order valence-electron chi connectivity index (χ0n) is 15.0. The van der Waals surface area contributed by atoms with Crippen LogP contribution in [0, 0.1) is 12.3 Å². The van der Waals surface area contributed by atoms with Gasteiger partial charge in [-0.1, -0.05) is 32.1 Å². The zero-order chi connectivity index (χ0) is 19.5. The molecule has 0 aliphatic heterocycles. The Morgan fingerprint density at radius 3 is 2.46 bits per heavy atom. The number of aryl methyl sites for hydroxylation is 1. The van der Waals surface area contributed by atoms with E-state index in [4.69, 9.17) is 5.11 Å². The Morgan fingerprint density at radius 1 is 1.19 bits per heavy atom. The summed E-state index contributed by atoms with van der Waals surface area (Å²) in [5.74, 6) is -1.74. The summed E-state index contributed by atoms with van der Waals surface area (Å²) >= 11 is 0. The van der Waals surface area contributed by atoms with Crippen LogP contribution in [0.25, 0.3) is 0 Å². The van der Waals surface area contributed by atoms with Crippen LogP contribution in [0.5, 0.6) is 0 Å². The largest absolute Gasteiger partial charge is 0.476 e. The highest BCUT2D eigenvalue weighted by Crippen LogP contribution is 2.23. The zero-order valence-corrected chi connectivity index (χ0v) is 15.0. The van der Waals surface area contributed by atoms with E-state index in [0.29, 0.717) is 11.4 Å². The van der Waals surface area contributed by atoms with Gasteiger partial charge in [0.2, 0.25) is 11.8 Å². The number of benzene rings is 1. The summed E-state index contributed by atoms with van der Waals surface area (Å²) in [7, 11) is 0. The average molecular weight is 359 g/mol. The third kappa shape index (κ3) is 4.88. The number of nitrogens with one attached hydrogen (secondary N) is 2. The molecule has 138 valence electrons. The number of nitrogens with zero attached hydrogens (tertiary/aromatic N) is 3. The molecular formula is C17H21N5O4. The maximum atomic E-state index is 12.2. The molecule has 0 fully saturated rings. The molecule has 0 aliphatic carbocycles. The van der Waals surface area contributed by atoms with E-state index < -0.39 is 17.3 Å². The van der Waals surface area contributed by atoms with Crippen LogP contribution in [0.3, 0.4) is 0 Å². The topological polar surface area (TPSA) is 126 Å². The Balaban J connectivity index is 2.07. The third-order valence-electron chi connectivity index (χ3n) is 3.51. The summed E-state index contributed by atoms with van der Waals surface area (Å²) in [6, 6.07) is 5.21. The van der Waals surface area contributed by atoms with Gasteiger partial charge in [0.05, 0.1) is 6.20 Å². The van der Waals surface area contributed by atoms with Gasteiger partial charge in [0, 0.05) is 16.8 Å². The first-order chi connectivity index (χ1) is 12.1. The highest BCUT2D eigenvalue weighted by atomic mass is 16.4. The second-order valence-corrected chi connectivity index (χ2v) is 6.89. The number of amides is 2. The number of anilines is 2. The molecule has 0 atom stereocenters. The predicted octanol–water partition coefficient (Wildman–Crippen LogP) is 1.91. The van der Waals surface area contributed by atoms with Gasteiger partial charge in [0.15, 0.2) is 5.69 Å². The lowest BCUT2D eigenvalue weighted by Gasteiger charge is -2.18. The predicted molar refractivity (Wildman–Crippen MR) is 94.9 cm³/mol. The molecule has 0 spiro atoms. The van der Waals surface area contributed by atoms with Crippen molar-refractivity contribution in [1.82, 2.24) is 15.0 Å². The Bertz CT molecular complexity index is 851. The first kappa shape index (κ1) is 19.1. The van der Waals surface area contributed by atoms with Crippen molar-refractivity contribution in [3.05, 3.63) is 35.7 Å². The number of hydrogen-bond acceptors (Lipinski definition) is 5. The molecule has 0 radical (unpaired) electrons. The van der Waals surface area contributed by atoms with E-state index in [1.807, 2.05) is 27.7 Å². The maximum absolute atomic E-state index is 12.2. The second-order valence-electron chi connectivity index (χ2n) is 6.89. The van der Waals surface area contributed by atoms with E-state index in [1.54, 1.807) is 18.2 Å². The van der Waals surface area contributed by atoms with Crippen LogP contribution in [-0.2, 0) is 16.1 Å². The normalized spacial score (nSPS) is 11.1. The first-order valence-corrected chi connectivity index (χ1v) is 7.91. The molecule has 0 saturated carbocycles. The van der Waals surface area contributed by atoms with Crippen LogP contribution in [0.15, 0.2) is 24.4 Å². The van der Waals surface area contributed by atoms with Crippen LogP contribution in [0.1, 0.15) is 36.8 Å². The van der Waals surface area contributed by atoms with Crippen molar-refractivity contribution >= 4 is 29.2 Å². The first-order valence-electron chi connectivity index (χ1n) is 7.91. The number of carboxylic acids is 1. The summed E-state index contributed by atoms with van der Waals surface area (Å²) in [5.41, 5.74) is 1.15. The fourth-order valence-electron chi connectivity index (χ4n) is 1.96. The van der Waals surface area contributed by atoms with Crippen molar-refractivity contribution in [2.45, 2.75) is 34.2 Å². The Labute approximate surface area is 150 Å². The standard InChI is InChI=1S/C17H21N5O4/c1-10-5-6-11(18-16(26)17(2,3)4)7-12(10)19-14(23)9-22-8-13(15(24)25)20-21-22/h5-8H,9H2,1-4H3,(H,18,26)(H,19,23)(H,24,25). The van der Waals surface area contributed by atoms with E-state index in [2.05, 4.69) is 20.9 Å². The summed E-state index contributed by atoms with van der Waals surface area (Å²) in [6.07, 6.45) is 1.18. The number of aromatic carboxylic acids is 1. The molecule has 2 rings (SSSR count). The van der Waals surface area contributed by atoms with E-state index >= 15 is 0 Å². The molecule has 1 heterocycles. The van der Waals surface area contributed by atoms with Crippen molar-refractivity contribution in [1.29, 1.82) is 0 Å². The number of rotatable bonds is 5. The minimum atomic E-state index is -1.21. The van der Waals surface area contributed by atoms with E-state index in [-0.39, 0.29) is 18.1 Å². The van der Waals surface area contributed by atoms with Crippen molar-refractivity contribution in [2.24, 2.45) is 5.41 Å². The molecule has 9 heteroatoms. The van der Waals surface area contributed by atoms with Crippen LogP contribution in [0.4, 0.5) is 11.4 Å². The third-order valence-corrected chi connectivity index (χ3v) is 3.51. The van der Waals surface area contributed by atoms with Gasteiger partial charge in [0.1, 0.15) is 6.54 Å². The molecule has 0 saturated heterocycles. The summed E-state index contributed by atoms with van der Waals surface area (Å²) in [4.78, 5) is 35.0. The maximum Gasteiger partial charge on any atom is 0.358 e. The monoisotopic (exact) mass is 359 g/mol. The van der Waals surface area contributed by atoms with E-state index in [9.17, 15) is 14.4 Å². The minimum Gasteiger partial charge on any atom is -0.476 e. The van der Waals surface area contributed by atoms with Crippen LogP contribution in [-0.4, -0.2) is 37.9 Å². The van der Waals surface area contributed by atoms with Gasteiger partial charge in [0.25, 0.3) is 0 Å². The highest BCUT2D eigenvalue weighted by Gasteiger charge is 2.21. The Hall–Kier alpha value is -3.23. The number of carbonyl (C=O) groups excluding carboxylic acids is 2. The van der Waals surface area contributed by atoms with Gasteiger partial charge in [-0.2, -0.15) is 0 Å². The van der Waals surface area contributed by atoms with Gasteiger partial charge in [-0.05, 0) is 24.6 Å². The highest BCUT2D eigenvalue weighted by molar-refractivity contribution is 5.96. The SMILES string of the molecule is Cc1ccc(NC(=O)C(C)(C)C)cc1NC(=O)Cn1cc(C(=O)O)nn1. The quantitative estimate of drug-likeness (QED) is 0.748. The molecule has 0 bridgehead atoms. The molecule has 3 N–H and O–H groups in total. The fourth-order valence-corrected chi connectivity index (χ4v) is 1.96. The summed E-state index contributed by atoms with van der Waals surface area (Å²) < 4.78 is 1.14. The van der Waals surface area contributed by atoms with Gasteiger partial charge in [-0.15, -0.1) is 5.10 Å². The van der Waals surface area contributed by atoms with Crippen molar-refractivity contribution in [2.75, 3.05) is 10.6 Å². The van der Waals surface area contributed by atoms with Crippen LogP contribution in [0.2, 0.25) is 0 Å². The fraction of sp³-hybridized carbons (Fsp3) is 0.353. The van der Waals surface area contributed by atoms with Gasteiger partial charge < -0.3 is 15.7 Å². The average Bonchev–Trinajstić information content (AvgIpc) is 2.98. The van der Waals surface area contributed by atoms with E-state index in [0.717, 1.165) is 10.2 Å². The number of carboxylic acid groups (broad SMARTS) is 1. The lowest BCUT2D eigenvalue weighted by molar-refractivity contribution is -0.123. The number of hydrogen-bond donors (Lipinski definition) is 3. The lowest BCUT2D eigenvalue weighted by Crippen LogP contribution is -2.27. The van der Waals surface area contributed by atoms with Crippen molar-refractivity contribution < 1.29 is 19.5 Å². The van der Waals surface area contributed by atoms with Gasteiger partial charge in [-0.25, -0.2) is 9.48 Å². The number of carbonyl (C=O) groups is 3. The molecule has 2 amide bonds. The molecule has 2 aromatic rings. The molecular weight excluding hydrogens is 338 g/mol. The van der Waals surface area contributed by atoms with Crippen LogP contribution >= 0.6 is 0 Å². The number of aromatic nitrogens is 3. The van der Waals surface area contributed by atoms with Crippen molar-refractivity contribution in [3.8, 4) is 0 Å². The minimum absolute atomic E-state index is 0.137. The van der Waals surface area contributed by atoms with E-state index in [1.165, 1.54) is 6.20 Å².